The lowest BCUT2D eigenvalue weighted by Crippen LogP contribution is -2.20. The van der Waals surface area contributed by atoms with Gasteiger partial charge in [-0.2, -0.15) is 5.10 Å². The van der Waals surface area contributed by atoms with Crippen LogP contribution in [0.1, 0.15) is 58.9 Å². The fourth-order valence-corrected chi connectivity index (χ4v) is 4.73. The molecule has 0 aliphatic carbocycles. The van der Waals surface area contributed by atoms with Crippen molar-refractivity contribution < 1.29 is 4.79 Å². The molecule has 0 radical (unpaired) electrons. The van der Waals surface area contributed by atoms with E-state index in [0.717, 1.165) is 22.9 Å². The van der Waals surface area contributed by atoms with Gasteiger partial charge in [0.05, 0.1) is 17.8 Å². The molecule has 2 N–H and O–H groups in total. The largest absolute Gasteiger partial charge is 0.366 e. The smallest absolute Gasteiger partial charge is 0.249 e. The molecule has 32 heavy (non-hydrogen) atoms. The van der Waals surface area contributed by atoms with Crippen LogP contribution in [0.15, 0.2) is 60.8 Å². The summed E-state index contributed by atoms with van der Waals surface area (Å²) in [6, 6.07) is 18.5. The van der Waals surface area contributed by atoms with E-state index in [0.29, 0.717) is 11.5 Å². The lowest BCUT2D eigenvalue weighted by atomic mass is 9.92. The summed E-state index contributed by atoms with van der Waals surface area (Å²) in [5.74, 6) is 0.0230. The molecule has 4 heteroatoms. The Labute approximate surface area is 190 Å². The van der Waals surface area contributed by atoms with E-state index in [1.807, 2.05) is 24.4 Å². The fraction of sp³-hybridized carbons (Fsp3) is 0.286. The molecule has 1 aromatic heterocycles. The summed E-state index contributed by atoms with van der Waals surface area (Å²) in [5, 5.41) is 5.95. The Bertz CT molecular complexity index is 1300. The van der Waals surface area contributed by atoms with Gasteiger partial charge in [-0.15, -0.1) is 0 Å². The Morgan fingerprint density at radius 1 is 1.00 bits per heavy atom. The molecule has 1 heterocycles. The number of nitrogens with zero attached hydrogens (tertiary/aromatic N) is 2. The summed E-state index contributed by atoms with van der Waals surface area (Å²) in [6.07, 6.45) is 2.82. The van der Waals surface area contributed by atoms with Crippen molar-refractivity contribution in [3.63, 3.8) is 0 Å². The van der Waals surface area contributed by atoms with Crippen LogP contribution in [0.5, 0.6) is 0 Å². The predicted octanol–water partition coefficient (Wildman–Crippen LogP) is 6.36. The van der Waals surface area contributed by atoms with E-state index >= 15 is 0 Å². The lowest BCUT2D eigenvalue weighted by molar-refractivity contribution is 0.0998. The van der Waals surface area contributed by atoms with Gasteiger partial charge in [0.25, 0.3) is 0 Å². The van der Waals surface area contributed by atoms with Gasteiger partial charge in [0.2, 0.25) is 5.91 Å². The minimum absolute atomic E-state index is 0.0671. The van der Waals surface area contributed by atoms with Crippen molar-refractivity contribution in [3.8, 4) is 11.1 Å². The van der Waals surface area contributed by atoms with Gasteiger partial charge in [-0.25, -0.2) is 0 Å². The zero-order valence-corrected chi connectivity index (χ0v) is 19.5. The summed E-state index contributed by atoms with van der Waals surface area (Å²) in [6.45, 7) is 10.8. The standard InChI is InChI=1S/C28H31N3O/c1-17(2)14-27(23-8-6-7-9-24(23)28(29)32)31-26-13-12-22(20(5)25(26)16-30-31)21-11-10-18(3)15-19(21)4/h6-13,15-17,27H,14H2,1-5H3,(H2,29,32). The van der Waals surface area contributed by atoms with Crippen molar-refractivity contribution >= 4 is 16.8 Å². The Morgan fingerprint density at radius 2 is 1.72 bits per heavy atom. The molecule has 0 aliphatic rings. The van der Waals surface area contributed by atoms with Crippen LogP contribution in [-0.2, 0) is 0 Å². The molecule has 0 bridgehead atoms. The number of carbonyl (C=O) groups is 1. The van der Waals surface area contributed by atoms with Gasteiger partial charge < -0.3 is 5.73 Å². The van der Waals surface area contributed by atoms with Crippen LogP contribution in [0, 0.1) is 26.7 Å². The van der Waals surface area contributed by atoms with Crippen LogP contribution in [0.4, 0.5) is 0 Å². The van der Waals surface area contributed by atoms with Crippen LogP contribution in [0.2, 0.25) is 0 Å². The number of aryl methyl sites for hydroxylation is 3. The molecule has 1 unspecified atom stereocenters. The van der Waals surface area contributed by atoms with E-state index in [2.05, 4.69) is 69.6 Å². The highest BCUT2D eigenvalue weighted by Gasteiger charge is 2.23. The number of benzene rings is 3. The molecular weight excluding hydrogens is 394 g/mol. The third-order valence-corrected chi connectivity index (χ3v) is 6.30. The van der Waals surface area contributed by atoms with Gasteiger partial charge in [0.1, 0.15) is 0 Å². The molecule has 0 spiro atoms. The van der Waals surface area contributed by atoms with Crippen molar-refractivity contribution in [2.75, 3.05) is 0 Å². The number of primary amides is 1. The summed E-state index contributed by atoms with van der Waals surface area (Å²) >= 11 is 0. The number of nitrogens with two attached hydrogens (primary N) is 1. The minimum atomic E-state index is -0.404. The highest BCUT2D eigenvalue weighted by atomic mass is 16.1. The fourth-order valence-electron chi connectivity index (χ4n) is 4.73. The Morgan fingerprint density at radius 3 is 2.41 bits per heavy atom. The van der Waals surface area contributed by atoms with E-state index in [9.17, 15) is 4.79 Å². The molecule has 1 amide bonds. The molecule has 0 fully saturated rings. The quantitative estimate of drug-likeness (QED) is 0.390. The first-order valence-electron chi connectivity index (χ1n) is 11.2. The van der Waals surface area contributed by atoms with Crippen LogP contribution >= 0.6 is 0 Å². The number of fused-ring (bicyclic) bond motifs is 1. The Balaban J connectivity index is 1.88. The van der Waals surface area contributed by atoms with Crippen LogP contribution < -0.4 is 5.73 Å². The number of hydrogen-bond acceptors (Lipinski definition) is 2. The van der Waals surface area contributed by atoms with Gasteiger partial charge in [-0.3, -0.25) is 9.48 Å². The van der Waals surface area contributed by atoms with Gasteiger partial charge in [-0.1, -0.05) is 61.9 Å². The average molecular weight is 426 g/mol. The van der Waals surface area contributed by atoms with E-state index in [1.54, 1.807) is 6.07 Å². The number of aromatic nitrogens is 2. The Kier molecular flexibility index (Phi) is 5.88. The van der Waals surface area contributed by atoms with Gasteiger partial charge >= 0.3 is 0 Å². The van der Waals surface area contributed by atoms with E-state index < -0.39 is 5.91 Å². The molecule has 1 atom stereocenters. The third-order valence-electron chi connectivity index (χ3n) is 6.30. The van der Waals surface area contributed by atoms with Gasteiger partial charge in [0.15, 0.2) is 0 Å². The maximum Gasteiger partial charge on any atom is 0.249 e. The number of amides is 1. The molecule has 4 rings (SSSR count). The second-order valence-electron chi connectivity index (χ2n) is 9.18. The first-order valence-corrected chi connectivity index (χ1v) is 11.2. The summed E-state index contributed by atoms with van der Waals surface area (Å²) in [4.78, 5) is 12.1. The van der Waals surface area contributed by atoms with Crippen molar-refractivity contribution in [2.45, 2.75) is 47.1 Å². The van der Waals surface area contributed by atoms with Crippen molar-refractivity contribution in [1.82, 2.24) is 9.78 Å². The van der Waals surface area contributed by atoms with Crippen molar-refractivity contribution in [2.24, 2.45) is 11.7 Å². The van der Waals surface area contributed by atoms with E-state index in [-0.39, 0.29) is 6.04 Å². The molecule has 4 nitrogen and oxygen atoms in total. The third kappa shape index (κ3) is 3.93. The highest BCUT2D eigenvalue weighted by molar-refractivity contribution is 5.95. The normalized spacial score (nSPS) is 12.4. The monoisotopic (exact) mass is 425 g/mol. The maximum absolute atomic E-state index is 12.1. The van der Waals surface area contributed by atoms with E-state index in [1.165, 1.54) is 27.8 Å². The second kappa shape index (κ2) is 8.62. The lowest BCUT2D eigenvalue weighted by Gasteiger charge is -2.23. The highest BCUT2D eigenvalue weighted by Crippen LogP contribution is 2.35. The molecule has 0 saturated carbocycles. The van der Waals surface area contributed by atoms with Crippen LogP contribution in [-0.4, -0.2) is 15.7 Å². The maximum atomic E-state index is 12.1. The SMILES string of the molecule is Cc1ccc(-c2ccc3c(cnn3C(CC(C)C)c3ccccc3C(N)=O)c2C)c(C)c1. The number of hydrogen-bond donors (Lipinski definition) is 1. The summed E-state index contributed by atoms with van der Waals surface area (Å²) in [7, 11) is 0. The first-order chi connectivity index (χ1) is 15.3. The van der Waals surface area contributed by atoms with Gasteiger partial charge in [-0.05, 0) is 73.1 Å². The summed E-state index contributed by atoms with van der Waals surface area (Å²) < 4.78 is 2.07. The Hall–Kier alpha value is -3.40. The molecule has 4 aromatic rings. The summed E-state index contributed by atoms with van der Waals surface area (Å²) in [5.41, 5.74) is 14.5. The zero-order valence-electron chi connectivity index (χ0n) is 19.5. The molecule has 0 saturated heterocycles. The number of rotatable bonds is 6. The zero-order chi connectivity index (χ0) is 23.0. The molecule has 164 valence electrons. The van der Waals surface area contributed by atoms with Crippen molar-refractivity contribution in [1.29, 1.82) is 0 Å². The predicted molar refractivity (Wildman–Crippen MR) is 132 cm³/mol. The molecule has 3 aromatic carbocycles. The van der Waals surface area contributed by atoms with Crippen LogP contribution in [0.3, 0.4) is 0 Å². The van der Waals surface area contributed by atoms with Gasteiger partial charge in [0, 0.05) is 10.9 Å². The topological polar surface area (TPSA) is 60.9 Å². The molecular formula is C28H31N3O. The van der Waals surface area contributed by atoms with Crippen LogP contribution in [0.25, 0.3) is 22.0 Å². The first kappa shape index (κ1) is 21.8. The minimum Gasteiger partial charge on any atom is -0.366 e. The average Bonchev–Trinajstić information content (AvgIpc) is 3.17. The molecule has 0 aliphatic heterocycles. The van der Waals surface area contributed by atoms with E-state index in [4.69, 9.17) is 10.8 Å². The van der Waals surface area contributed by atoms with Crippen molar-refractivity contribution in [3.05, 3.63) is 88.6 Å². The second-order valence-corrected chi connectivity index (χ2v) is 9.18. The number of carbonyl (C=O) groups excluding carboxylic acids is 1.